The molecule has 1 aromatic heterocycles. The van der Waals surface area contributed by atoms with Crippen molar-refractivity contribution in [3.63, 3.8) is 0 Å². The van der Waals surface area contributed by atoms with Crippen molar-refractivity contribution >= 4 is 15.9 Å². The van der Waals surface area contributed by atoms with Crippen molar-refractivity contribution in [2.24, 2.45) is 5.41 Å². The Morgan fingerprint density at radius 2 is 2.20 bits per heavy atom. The number of aromatic nitrogens is 2. The second kappa shape index (κ2) is 4.63. The molecule has 0 spiro atoms. The highest BCUT2D eigenvalue weighted by Crippen LogP contribution is 2.09. The summed E-state index contributed by atoms with van der Waals surface area (Å²) in [6.45, 7) is 6.47. The molecule has 0 radical (unpaired) electrons. The summed E-state index contributed by atoms with van der Waals surface area (Å²) in [6.07, 6.45) is 2.97. The minimum atomic E-state index is -0.104. The molecule has 0 aliphatic rings. The molecule has 0 atom stereocenters. The summed E-state index contributed by atoms with van der Waals surface area (Å²) in [4.78, 5) is 15.4. The highest BCUT2D eigenvalue weighted by molar-refractivity contribution is 9.10. The van der Waals surface area contributed by atoms with E-state index < -0.39 is 0 Å². The summed E-state index contributed by atoms with van der Waals surface area (Å²) >= 11 is 3.13. The molecule has 0 unspecified atom stereocenters. The molecule has 80 valence electrons. The fraction of sp³-hybridized carbons (Fsp3) is 0.455. The van der Waals surface area contributed by atoms with Gasteiger partial charge in [-0.3, -0.25) is 9.36 Å². The number of hydrogen-bond acceptors (Lipinski definition) is 2. The molecule has 0 saturated carbocycles. The van der Waals surface area contributed by atoms with Gasteiger partial charge < -0.3 is 0 Å². The lowest BCUT2D eigenvalue weighted by Gasteiger charge is -2.07. The van der Waals surface area contributed by atoms with Gasteiger partial charge in [-0.15, -0.1) is 0 Å². The van der Waals surface area contributed by atoms with E-state index in [1.54, 1.807) is 0 Å². The van der Waals surface area contributed by atoms with Crippen LogP contribution in [0.2, 0.25) is 0 Å². The average Bonchev–Trinajstić information content (AvgIpc) is 2.10. The lowest BCUT2D eigenvalue weighted by molar-refractivity contribution is 0.569. The van der Waals surface area contributed by atoms with Gasteiger partial charge in [-0.1, -0.05) is 11.8 Å². The van der Waals surface area contributed by atoms with Gasteiger partial charge in [0.15, 0.2) is 0 Å². The molecule has 0 aliphatic carbocycles. The third-order valence-corrected chi connectivity index (χ3v) is 2.12. The van der Waals surface area contributed by atoms with Crippen molar-refractivity contribution in [1.82, 2.24) is 9.55 Å². The van der Waals surface area contributed by atoms with Crippen molar-refractivity contribution in [2.45, 2.75) is 27.3 Å². The number of hydrogen-bond donors (Lipinski definition) is 0. The van der Waals surface area contributed by atoms with Gasteiger partial charge in [-0.05, 0) is 36.7 Å². The summed E-state index contributed by atoms with van der Waals surface area (Å²) < 4.78 is 1.94. The molecule has 1 aromatic rings. The van der Waals surface area contributed by atoms with Gasteiger partial charge in [0, 0.05) is 11.6 Å². The largest absolute Gasteiger partial charge is 0.286 e. The third kappa shape index (κ3) is 3.88. The van der Waals surface area contributed by atoms with Crippen LogP contribution in [0.25, 0.3) is 0 Å². The number of halogens is 1. The summed E-state index contributed by atoms with van der Waals surface area (Å²) in [6, 6.07) is 0. The molecular weight excluding hydrogens is 256 g/mol. The van der Waals surface area contributed by atoms with Crippen molar-refractivity contribution in [3.05, 3.63) is 27.4 Å². The Labute approximate surface area is 97.7 Å². The molecule has 0 aromatic carbocycles. The highest BCUT2D eigenvalue weighted by atomic mass is 79.9. The molecule has 1 rings (SSSR count). The predicted molar refractivity (Wildman–Crippen MR) is 63.4 cm³/mol. The summed E-state index contributed by atoms with van der Waals surface area (Å²) in [5, 5.41) is 0. The van der Waals surface area contributed by atoms with Crippen LogP contribution in [0.3, 0.4) is 0 Å². The molecule has 4 heteroatoms. The second-order valence-electron chi connectivity index (χ2n) is 4.23. The van der Waals surface area contributed by atoms with Crippen molar-refractivity contribution < 1.29 is 0 Å². The van der Waals surface area contributed by atoms with Gasteiger partial charge in [-0.25, -0.2) is 4.98 Å². The van der Waals surface area contributed by atoms with Crippen LogP contribution in [0.15, 0.2) is 21.8 Å². The number of rotatable bonds is 1. The van der Waals surface area contributed by atoms with Gasteiger partial charge in [0.25, 0.3) is 5.56 Å². The fourth-order valence-corrected chi connectivity index (χ4v) is 1.27. The Morgan fingerprint density at radius 3 is 2.80 bits per heavy atom. The first-order chi connectivity index (χ1) is 6.90. The Bertz CT molecular complexity index is 460. The maximum absolute atomic E-state index is 11.5. The van der Waals surface area contributed by atoms with E-state index in [2.05, 4.69) is 32.8 Å². The van der Waals surface area contributed by atoms with E-state index in [1.165, 1.54) is 17.1 Å². The van der Waals surface area contributed by atoms with E-state index in [4.69, 9.17) is 0 Å². The van der Waals surface area contributed by atoms with E-state index in [0.717, 1.165) is 0 Å². The molecule has 0 bridgehead atoms. The summed E-state index contributed by atoms with van der Waals surface area (Å²) in [5.74, 6) is 6.03. The van der Waals surface area contributed by atoms with Crippen LogP contribution in [0, 0.1) is 17.3 Å². The zero-order valence-corrected chi connectivity index (χ0v) is 10.6. The minimum absolute atomic E-state index is 0.0386. The minimum Gasteiger partial charge on any atom is -0.286 e. The smallest absolute Gasteiger partial charge is 0.268 e. The number of nitrogens with zero attached hydrogens (tertiary/aromatic N) is 2. The first-order valence-electron chi connectivity index (χ1n) is 4.60. The van der Waals surface area contributed by atoms with E-state index in [-0.39, 0.29) is 11.0 Å². The van der Waals surface area contributed by atoms with Crippen LogP contribution in [-0.2, 0) is 6.54 Å². The molecule has 1 heterocycles. The van der Waals surface area contributed by atoms with Gasteiger partial charge in [-0.2, -0.15) is 0 Å². The quantitative estimate of drug-likeness (QED) is 0.731. The lowest BCUT2D eigenvalue weighted by atomic mass is 9.98. The molecule has 15 heavy (non-hydrogen) atoms. The average molecular weight is 269 g/mol. The highest BCUT2D eigenvalue weighted by Gasteiger charge is 2.03. The fourth-order valence-electron chi connectivity index (χ4n) is 0.927. The lowest BCUT2D eigenvalue weighted by Crippen LogP contribution is -2.20. The monoisotopic (exact) mass is 268 g/mol. The van der Waals surface area contributed by atoms with Crippen molar-refractivity contribution in [1.29, 1.82) is 0 Å². The second-order valence-corrected chi connectivity index (χ2v) is 5.08. The maximum Gasteiger partial charge on any atom is 0.268 e. The van der Waals surface area contributed by atoms with Gasteiger partial charge in [0.05, 0.1) is 12.9 Å². The van der Waals surface area contributed by atoms with Crippen molar-refractivity contribution in [3.8, 4) is 11.8 Å². The van der Waals surface area contributed by atoms with Gasteiger partial charge >= 0.3 is 0 Å². The standard InChI is InChI=1S/C11H13BrN2O/c1-11(2,3)5-4-6-14-8-13-7-9(12)10(14)15/h7-8H,6H2,1-3H3. The molecule has 0 fully saturated rings. The van der Waals surface area contributed by atoms with E-state index in [9.17, 15) is 4.79 Å². The van der Waals surface area contributed by atoms with E-state index in [1.807, 2.05) is 20.8 Å². The van der Waals surface area contributed by atoms with Crippen molar-refractivity contribution in [2.75, 3.05) is 0 Å². The normalized spacial score (nSPS) is 10.7. The Balaban J connectivity index is 2.87. The first kappa shape index (κ1) is 12.0. The first-order valence-corrected chi connectivity index (χ1v) is 5.39. The molecular formula is C11H13BrN2O. The Morgan fingerprint density at radius 1 is 1.53 bits per heavy atom. The van der Waals surface area contributed by atoms with E-state index >= 15 is 0 Å². The zero-order valence-electron chi connectivity index (χ0n) is 9.04. The Kier molecular flexibility index (Phi) is 3.70. The summed E-state index contributed by atoms with van der Waals surface area (Å²) in [5.41, 5.74) is -0.142. The SMILES string of the molecule is CC(C)(C)C#CCn1cncc(Br)c1=O. The van der Waals surface area contributed by atoms with Gasteiger partial charge in [0.2, 0.25) is 0 Å². The van der Waals surface area contributed by atoms with E-state index in [0.29, 0.717) is 11.0 Å². The topological polar surface area (TPSA) is 34.9 Å². The molecule has 0 saturated heterocycles. The third-order valence-electron chi connectivity index (χ3n) is 1.57. The molecule has 0 aliphatic heterocycles. The maximum atomic E-state index is 11.5. The van der Waals surface area contributed by atoms with Crippen LogP contribution in [-0.4, -0.2) is 9.55 Å². The zero-order chi connectivity index (χ0) is 11.5. The summed E-state index contributed by atoms with van der Waals surface area (Å²) in [7, 11) is 0. The van der Waals surface area contributed by atoms with Crippen LogP contribution in [0.5, 0.6) is 0 Å². The van der Waals surface area contributed by atoms with Gasteiger partial charge in [0.1, 0.15) is 4.47 Å². The Hall–Kier alpha value is -1.08. The molecule has 3 nitrogen and oxygen atoms in total. The molecule has 0 amide bonds. The van der Waals surface area contributed by atoms with Crippen LogP contribution < -0.4 is 5.56 Å². The van der Waals surface area contributed by atoms with Crippen LogP contribution in [0.4, 0.5) is 0 Å². The predicted octanol–water partition coefficient (Wildman–Crippen LogP) is 2.06. The molecule has 0 N–H and O–H groups in total. The van der Waals surface area contributed by atoms with Crippen LogP contribution >= 0.6 is 15.9 Å². The van der Waals surface area contributed by atoms with Crippen LogP contribution in [0.1, 0.15) is 20.8 Å².